The van der Waals surface area contributed by atoms with Crippen LogP contribution in [0.2, 0.25) is 0 Å². The minimum Gasteiger partial charge on any atom is -0.497 e. The summed E-state index contributed by atoms with van der Waals surface area (Å²) in [5.74, 6) is 1.01. The number of rotatable bonds is 4. The van der Waals surface area contributed by atoms with Crippen LogP contribution < -0.4 is 20.1 Å². The molecule has 2 atom stereocenters. The molecule has 0 radical (unpaired) electrons. The van der Waals surface area contributed by atoms with Gasteiger partial charge in [-0.25, -0.2) is 0 Å². The summed E-state index contributed by atoms with van der Waals surface area (Å²) < 4.78 is 10.3. The molecule has 3 N–H and O–H groups in total. The normalized spacial score (nSPS) is 22.1. The first-order chi connectivity index (χ1) is 9.13. The van der Waals surface area contributed by atoms with Crippen LogP contribution in [0.1, 0.15) is 6.42 Å². The number of amides is 1. The van der Waals surface area contributed by atoms with E-state index in [9.17, 15) is 9.90 Å². The number of aliphatic hydroxyl groups excluding tert-OH is 1. The molecule has 0 aliphatic carbocycles. The molecule has 1 aliphatic rings. The first-order valence-electron chi connectivity index (χ1n) is 6.08. The Labute approximate surface area is 111 Å². The van der Waals surface area contributed by atoms with Crippen LogP contribution in [0.4, 0.5) is 5.69 Å². The highest BCUT2D eigenvalue weighted by Gasteiger charge is 2.28. The van der Waals surface area contributed by atoms with Gasteiger partial charge in [0.25, 0.3) is 0 Å². The van der Waals surface area contributed by atoms with Crippen LogP contribution in [0.15, 0.2) is 18.2 Å². The summed E-state index contributed by atoms with van der Waals surface area (Å²) in [6.07, 6.45) is -0.0434. The summed E-state index contributed by atoms with van der Waals surface area (Å²) in [5.41, 5.74) is 0.580. The van der Waals surface area contributed by atoms with E-state index in [2.05, 4.69) is 10.6 Å². The van der Waals surface area contributed by atoms with Crippen molar-refractivity contribution in [2.24, 2.45) is 0 Å². The number of ether oxygens (including phenoxy) is 2. The molecule has 2 rings (SSSR count). The van der Waals surface area contributed by atoms with Gasteiger partial charge < -0.3 is 25.2 Å². The van der Waals surface area contributed by atoms with Crippen LogP contribution >= 0.6 is 0 Å². The highest BCUT2D eigenvalue weighted by molar-refractivity contribution is 5.96. The maximum absolute atomic E-state index is 12.0. The summed E-state index contributed by atoms with van der Waals surface area (Å²) in [6.45, 7) is 0.442. The SMILES string of the molecule is COc1ccc(NC(=O)C2CC(O)CN2)c(OC)c1. The van der Waals surface area contributed by atoms with Crippen LogP contribution in [0.25, 0.3) is 0 Å². The number of nitrogens with one attached hydrogen (secondary N) is 2. The van der Waals surface area contributed by atoms with E-state index in [1.54, 1.807) is 25.3 Å². The number of methoxy groups -OCH3 is 2. The van der Waals surface area contributed by atoms with Gasteiger partial charge in [-0.05, 0) is 18.6 Å². The highest BCUT2D eigenvalue weighted by Crippen LogP contribution is 2.29. The highest BCUT2D eigenvalue weighted by atomic mass is 16.5. The topological polar surface area (TPSA) is 79.8 Å². The molecule has 1 aromatic rings. The van der Waals surface area contributed by atoms with Gasteiger partial charge in [-0.1, -0.05) is 0 Å². The van der Waals surface area contributed by atoms with Crippen molar-refractivity contribution >= 4 is 11.6 Å². The maximum atomic E-state index is 12.0. The van der Waals surface area contributed by atoms with Gasteiger partial charge in [0.1, 0.15) is 11.5 Å². The molecule has 0 saturated carbocycles. The Balaban J connectivity index is 2.08. The lowest BCUT2D eigenvalue weighted by molar-refractivity contribution is -0.117. The van der Waals surface area contributed by atoms with Gasteiger partial charge in [0, 0.05) is 12.6 Å². The number of carbonyl (C=O) groups excluding carboxylic acids is 1. The Kier molecular flexibility index (Phi) is 4.24. The van der Waals surface area contributed by atoms with Gasteiger partial charge in [0.05, 0.1) is 32.1 Å². The average Bonchev–Trinajstić information content (AvgIpc) is 2.86. The maximum Gasteiger partial charge on any atom is 0.241 e. The molecule has 104 valence electrons. The Hall–Kier alpha value is -1.79. The van der Waals surface area contributed by atoms with Crippen molar-refractivity contribution in [2.75, 3.05) is 26.1 Å². The monoisotopic (exact) mass is 266 g/mol. The second kappa shape index (κ2) is 5.90. The number of benzene rings is 1. The van der Waals surface area contributed by atoms with Crippen molar-refractivity contribution in [3.63, 3.8) is 0 Å². The van der Waals surface area contributed by atoms with Gasteiger partial charge in [-0.3, -0.25) is 4.79 Å². The average molecular weight is 266 g/mol. The zero-order valence-corrected chi connectivity index (χ0v) is 11.0. The fourth-order valence-corrected chi connectivity index (χ4v) is 2.04. The van der Waals surface area contributed by atoms with Crippen molar-refractivity contribution in [2.45, 2.75) is 18.6 Å². The number of hydrogen-bond acceptors (Lipinski definition) is 5. The van der Waals surface area contributed by atoms with E-state index in [-0.39, 0.29) is 11.9 Å². The van der Waals surface area contributed by atoms with Crippen molar-refractivity contribution in [1.82, 2.24) is 5.32 Å². The summed E-state index contributed by atoms with van der Waals surface area (Å²) in [5, 5.41) is 15.1. The van der Waals surface area contributed by atoms with Crippen LogP contribution in [0, 0.1) is 0 Å². The van der Waals surface area contributed by atoms with Gasteiger partial charge in [0.15, 0.2) is 0 Å². The molecule has 1 saturated heterocycles. The lowest BCUT2D eigenvalue weighted by Gasteiger charge is -2.14. The van der Waals surface area contributed by atoms with E-state index in [0.717, 1.165) is 0 Å². The van der Waals surface area contributed by atoms with Crippen LogP contribution in [-0.4, -0.2) is 43.9 Å². The molecule has 0 bridgehead atoms. The van der Waals surface area contributed by atoms with Gasteiger partial charge in [0.2, 0.25) is 5.91 Å². The summed E-state index contributed by atoms with van der Waals surface area (Å²) in [7, 11) is 3.10. The van der Waals surface area contributed by atoms with E-state index in [4.69, 9.17) is 9.47 Å². The molecule has 0 aromatic heterocycles. The molecular formula is C13H18N2O4. The van der Waals surface area contributed by atoms with E-state index in [1.165, 1.54) is 7.11 Å². The van der Waals surface area contributed by atoms with Gasteiger partial charge >= 0.3 is 0 Å². The van der Waals surface area contributed by atoms with Crippen molar-refractivity contribution in [3.8, 4) is 11.5 Å². The number of hydrogen-bond donors (Lipinski definition) is 3. The number of anilines is 1. The molecule has 1 fully saturated rings. The van der Waals surface area contributed by atoms with Gasteiger partial charge in [-0.2, -0.15) is 0 Å². The van der Waals surface area contributed by atoms with E-state index in [1.807, 2.05) is 0 Å². The third kappa shape index (κ3) is 3.15. The molecule has 6 nitrogen and oxygen atoms in total. The first-order valence-corrected chi connectivity index (χ1v) is 6.08. The van der Waals surface area contributed by atoms with E-state index in [0.29, 0.717) is 30.2 Å². The molecule has 1 heterocycles. The van der Waals surface area contributed by atoms with Crippen molar-refractivity contribution in [3.05, 3.63) is 18.2 Å². The standard InChI is InChI=1S/C13H18N2O4/c1-18-9-3-4-10(12(6-9)19-2)15-13(17)11-5-8(16)7-14-11/h3-4,6,8,11,14,16H,5,7H2,1-2H3,(H,15,17). The smallest absolute Gasteiger partial charge is 0.241 e. The third-order valence-electron chi connectivity index (χ3n) is 3.09. The lowest BCUT2D eigenvalue weighted by Crippen LogP contribution is -2.35. The molecule has 2 unspecified atom stereocenters. The molecule has 19 heavy (non-hydrogen) atoms. The second-order valence-corrected chi connectivity index (χ2v) is 4.41. The Morgan fingerprint density at radius 3 is 2.79 bits per heavy atom. The minimum absolute atomic E-state index is 0.181. The van der Waals surface area contributed by atoms with Gasteiger partial charge in [-0.15, -0.1) is 0 Å². The summed E-state index contributed by atoms with van der Waals surface area (Å²) in [6, 6.07) is 4.80. The van der Waals surface area contributed by atoms with E-state index < -0.39 is 6.10 Å². The predicted octanol–water partition coefficient (Wildman–Crippen LogP) is 0.365. The van der Waals surface area contributed by atoms with E-state index >= 15 is 0 Å². The number of carbonyl (C=O) groups is 1. The quantitative estimate of drug-likeness (QED) is 0.733. The second-order valence-electron chi connectivity index (χ2n) is 4.41. The largest absolute Gasteiger partial charge is 0.497 e. The first kappa shape index (κ1) is 13.6. The minimum atomic E-state index is -0.464. The summed E-state index contributed by atoms with van der Waals surface area (Å²) >= 11 is 0. The lowest BCUT2D eigenvalue weighted by atomic mass is 10.2. The third-order valence-corrected chi connectivity index (χ3v) is 3.09. The van der Waals surface area contributed by atoms with Crippen molar-refractivity contribution < 1.29 is 19.4 Å². The van der Waals surface area contributed by atoms with Crippen LogP contribution in [-0.2, 0) is 4.79 Å². The molecule has 1 amide bonds. The predicted molar refractivity (Wildman–Crippen MR) is 70.6 cm³/mol. The molecule has 1 aliphatic heterocycles. The molecular weight excluding hydrogens is 248 g/mol. The fraction of sp³-hybridized carbons (Fsp3) is 0.462. The Bertz CT molecular complexity index is 464. The molecule has 0 spiro atoms. The zero-order chi connectivity index (χ0) is 13.8. The number of aliphatic hydroxyl groups is 1. The summed E-state index contributed by atoms with van der Waals surface area (Å²) in [4.78, 5) is 12.0. The Morgan fingerprint density at radius 1 is 1.42 bits per heavy atom. The molecule has 1 aromatic carbocycles. The fourth-order valence-electron chi connectivity index (χ4n) is 2.04. The zero-order valence-electron chi connectivity index (χ0n) is 11.0. The molecule has 6 heteroatoms. The Morgan fingerprint density at radius 2 is 2.21 bits per heavy atom. The van der Waals surface area contributed by atoms with Crippen LogP contribution in [0.5, 0.6) is 11.5 Å². The van der Waals surface area contributed by atoms with Crippen LogP contribution in [0.3, 0.4) is 0 Å². The number of β-amino-alcohol motifs (C(OH)–C–C–N with tert-alkyl or cyclic N) is 1. The van der Waals surface area contributed by atoms with Crippen molar-refractivity contribution in [1.29, 1.82) is 0 Å².